The van der Waals surface area contributed by atoms with Crippen LogP contribution in [0.25, 0.3) is 11.3 Å². The van der Waals surface area contributed by atoms with Crippen LogP contribution < -0.4 is 4.74 Å². The van der Waals surface area contributed by atoms with Gasteiger partial charge in [0, 0.05) is 34.1 Å². The van der Waals surface area contributed by atoms with Crippen LogP contribution in [-0.2, 0) is 22.7 Å². The highest BCUT2D eigenvalue weighted by molar-refractivity contribution is 6.35. The van der Waals surface area contributed by atoms with Gasteiger partial charge in [-0.05, 0) is 61.7 Å². The molecule has 184 valence electrons. The first-order valence-electron chi connectivity index (χ1n) is 11.5. The number of hydrogen-bond donors (Lipinski definition) is 0. The van der Waals surface area contributed by atoms with Gasteiger partial charge in [-0.3, -0.25) is 9.69 Å². The molecule has 2 heterocycles. The van der Waals surface area contributed by atoms with E-state index in [1.54, 1.807) is 24.3 Å². The predicted octanol–water partition coefficient (Wildman–Crippen LogP) is 6.55. The molecule has 2 aromatic carbocycles. The van der Waals surface area contributed by atoms with E-state index in [9.17, 15) is 4.79 Å². The van der Waals surface area contributed by atoms with E-state index in [2.05, 4.69) is 9.88 Å². The standard InChI is InChI=1S/C27H27Cl2FN2O3/c1-34-25(33)11-18-7-9-32(10-8-18)16-21-14-24(20-12-22(28)15-23(29)13-20)31-27(26(21)30)35-17-19-5-3-2-4-6-19/h2-6,12-15,18H,7-11,16-17H2,1H3. The van der Waals surface area contributed by atoms with Crippen molar-refractivity contribution in [3.05, 3.63) is 81.6 Å². The Morgan fingerprint density at radius 1 is 1.09 bits per heavy atom. The molecule has 1 aliphatic rings. The third kappa shape index (κ3) is 6.94. The van der Waals surface area contributed by atoms with Crippen molar-refractivity contribution in [1.82, 2.24) is 9.88 Å². The molecular weight excluding hydrogens is 490 g/mol. The molecule has 0 bridgehead atoms. The molecule has 8 heteroatoms. The van der Waals surface area contributed by atoms with Crippen molar-refractivity contribution in [1.29, 1.82) is 0 Å². The highest BCUT2D eigenvalue weighted by Gasteiger charge is 2.24. The van der Waals surface area contributed by atoms with Gasteiger partial charge in [-0.15, -0.1) is 0 Å². The minimum atomic E-state index is -0.477. The first-order chi connectivity index (χ1) is 16.9. The number of ether oxygens (including phenoxy) is 2. The van der Waals surface area contributed by atoms with Crippen LogP contribution in [0.4, 0.5) is 4.39 Å². The lowest BCUT2D eigenvalue weighted by Crippen LogP contribution is -2.34. The van der Waals surface area contributed by atoms with Crippen molar-refractivity contribution in [2.45, 2.75) is 32.4 Å². The molecule has 0 saturated carbocycles. The number of pyridine rings is 1. The van der Waals surface area contributed by atoms with Gasteiger partial charge >= 0.3 is 5.97 Å². The van der Waals surface area contributed by atoms with Crippen molar-refractivity contribution in [2.24, 2.45) is 5.92 Å². The second-order valence-corrected chi connectivity index (χ2v) is 9.59. The number of methoxy groups -OCH3 is 1. The van der Waals surface area contributed by atoms with Crippen LogP contribution in [0.5, 0.6) is 5.88 Å². The molecule has 0 N–H and O–H groups in total. The number of rotatable bonds is 8. The molecule has 5 nitrogen and oxygen atoms in total. The van der Waals surface area contributed by atoms with Gasteiger partial charge in [0.05, 0.1) is 12.8 Å². The molecule has 1 fully saturated rings. The molecule has 1 aromatic heterocycles. The van der Waals surface area contributed by atoms with E-state index in [4.69, 9.17) is 32.7 Å². The van der Waals surface area contributed by atoms with Crippen molar-refractivity contribution < 1.29 is 18.7 Å². The fourth-order valence-electron chi connectivity index (χ4n) is 4.25. The van der Waals surface area contributed by atoms with Gasteiger partial charge in [0.25, 0.3) is 5.88 Å². The number of aromatic nitrogens is 1. The summed E-state index contributed by atoms with van der Waals surface area (Å²) in [7, 11) is 1.41. The summed E-state index contributed by atoms with van der Waals surface area (Å²) in [6.45, 7) is 2.13. The monoisotopic (exact) mass is 516 g/mol. The average Bonchev–Trinajstić information content (AvgIpc) is 2.85. The molecule has 0 unspecified atom stereocenters. The number of carbonyl (C=O) groups is 1. The Labute approximate surface area is 214 Å². The highest BCUT2D eigenvalue weighted by atomic mass is 35.5. The van der Waals surface area contributed by atoms with E-state index in [0.29, 0.717) is 39.8 Å². The van der Waals surface area contributed by atoms with Gasteiger partial charge < -0.3 is 9.47 Å². The lowest BCUT2D eigenvalue weighted by molar-refractivity contribution is -0.142. The van der Waals surface area contributed by atoms with Crippen molar-refractivity contribution in [3.63, 3.8) is 0 Å². The Morgan fingerprint density at radius 3 is 2.43 bits per heavy atom. The van der Waals surface area contributed by atoms with E-state index >= 15 is 4.39 Å². The average molecular weight is 517 g/mol. The van der Waals surface area contributed by atoms with E-state index < -0.39 is 5.82 Å². The van der Waals surface area contributed by atoms with E-state index in [0.717, 1.165) is 31.5 Å². The zero-order chi connectivity index (χ0) is 24.8. The summed E-state index contributed by atoms with van der Waals surface area (Å²) in [6, 6.07) is 16.4. The molecule has 35 heavy (non-hydrogen) atoms. The quantitative estimate of drug-likeness (QED) is 0.317. The Bertz CT molecular complexity index is 1150. The third-order valence-corrected chi connectivity index (χ3v) is 6.60. The van der Waals surface area contributed by atoms with Gasteiger partial charge in [-0.2, -0.15) is 0 Å². The Balaban J connectivity index is 1.57. The number of halogens is 3. The van der Waals surface area contributed by atoms with Gasteiger partial charge in [0.1, 0.15) is 6.61 Å². The first-order valence-corrected chi connectivity index (χ1v) is 12.3. The molecule has 1 saturated heterocycles. The van der Waals surface area contributed by atoms with Crippen LogP contribution in [0, 0.1) is 11.7 Å². The summed E-state index contributed by atoms with van der Waals surface area (Å²) in [4.78, 5) is 18.2. The SMILES string of the molecule is COC(=O)CC1CCN(Cc2cc(-c3cc(Cl)cc(Cl)c3)nc(OCc3ccccc3)c2F)CC1. The summed E-state index contributed by atoms with van der Waals surface area (Å²) in [5.41, 5.74) is 2.62. The number of benzene rings is 2. The molecule has 4 rings (SSSR count). The zero-order valence-corrected chi connectivity index (χ0v) is 21.0. The second kappa shape index (κ2) is 11.8. The van der Waals surface area contributed by atoms with Crippen LogP contribution in [0.3, 0.4) is 0 Å². The van der Waals surface area contributed by atoms with Crippen LogP contribution in [0.15, 0.2) is 54.6 Å². The summed E-state index contributed by atoms with van der Waals surface area (Å²) in [5, 5.41) is 0.944. The van der Waals surface area contributed by atoms with Crippen LogP contribution in [0.2, 0.25) is 10.0 Å². The van der Waals surface area contributed by atoms with Crippen molar-refractivity contribution in [2.75, 3.05) is 20.2 Å². The minimum Gasteiger partial charge on any atom is -0.471 e. The van der Waals surface area contributed by atoms with Crippen LogP contribution >= 0.6 is 23.2 Å². The lowest BCUT2D eigenvalue weighted by atomic mass is 9.93. The van der Waals surface area contributed by atoms with Crippen LogP contribution in [0.1, 0.15) is 30.4 Å². The number of hydrogen-bond acceptors (Lipinski definition) is 5. The molecule has 0 aliphatic carbocycles. The lowest BCUT2D eigenvalue weighted by Gasteiger charge is -2.31. The molecule has 0 atom stereocenters. The summed E-state index contributed by atoms with van der Waals surface area (Å²) >= 11 is 12.4. The minimum absolute atomic E-state index is 0.0574. The normalized spacial score (nSPS) is 14.6. The van der Waals surface area contributed by atoms with Crippen molar-refractivity contribution >= 4 is 29.2 Å². The van der Waals surface area contributed by atoms with Crippen LogP contribution in [-0.4, -0.2) is 36.1 Å². The Hall–Kier alpha value is -2.67. The van der Waals surface area contributed by atoms with E-state index in [1.807, 2.05) is 30.3 Å². The third-order valence-electron chi connectivity index (χ3n) is 6.16. The summed E-state index contributed by atoms with van der Waals surface area (Å²) < 4.78 is 26.2. The molecule has 3 aromatic rings. The fourth-order valence-corrected chi connectivity index (χ4v) is 4.78. The van der Waals surface area contributed by atoms with Crippen molar-refractivity contribution in [3.8, 4) is 17.1 Å². The number of piperidine rings is 1. The summed E-state index contributed by atoms with van der Waals surface area (Å²) in [5.74, 6) is -0.434. The van der Waals surface area contributed by atoms with Gasteiger partial charge in [-0.25, -0.2) is 9.37 Å². The largest absolute Gasteiger partial charge is 0.471 e. The van der Waals surface area contributed by atoms with E-state index in [-0.39, 0.29) is 24.4 Å². The number of carbonyl (C=O) groups excluding carboxylic acids is 1. The number of nitrogens with zero attached hydrogens (tertiary/aromatic N) is 2. The molecular formula is C27H27Cl2FN2O3. The zero-order valence-electron chi connectivity index (χ0n) is 19.5. The highest BCUT2D eigenvalue weighted by Crippen LogP contribution is 2.32. The smallest absolute Gasteiger partial charge is 0.305 e. The van der Waals surface area contributed by atoms with Gasteiger partial charge in [0.2, 0.25) is 0 Å². The first kappa shape index (κ1) is 25.4. The molecule has 1 aliphatic heterocycles. The Kier molecular flexibility index (Phi) is 8.60. The number of likely N-dealkylation sites (tertiary alicyclic amines) is 1. The molecule has 0 radical (unpaired) electrons. The Morgan fingerprint density at radius 2 is 1.77 bits per heavy atom. The molecule has 0 spiro atoms. The van der Waals surface area contributed by atoms with Gasteiger partial charge in [0.15, 0.2) is 5.82 Å². The second-order valence-electron chi connectivity index (χ2n) is 8.72. The fraction of sp³-hybridized carbons (Fsp3) is 0.333. The maximum absolute atomic E-state index is 15.6. The van der Waals surface area contributed by atoms with E-state index in [1.165, 1.54) is 7.11 Å². The summed E-state index contributed by atoms with van der Waals surface area (Å²) in [6.07, 6.45) is 2.14. The predicted molar refractivity (Wildman–Crippen MR) is 135 cm³/mol. The number of esters is 1. The maximum Gasteiger partial charge on any atom is 0.305 e. The maximum atomic E-state index is 15.6. The molecule has 0 amide bonds. The topological polar surface area (TPSA) is 51.7 Å². The van der Waals surface area contributed by atoms with Gasteiger partial charge in [-0.1, -0.05) is 53.5 Å².